The molecule has 0 aliphatic carbocycles. The molecule has 0 bridgehead atoms. The van der Waals surface area contributed by atoms with E-state index >= 15 is 0 Å². The van der Waals surface area contributed by atoms with Gasteiger partial charge in [0.05, 0.1) is 6.54 Å². The van der Waals surface area contributed by atoms with Gasteiger partial charge in [-0.05, 0) is 6.07 Å². The molecule has 0 aliphatic heterocycles. The topological polar surface area (TPSA) is 75.9 Å². The van der Waals surface area contributed by atoms with Crippen molar-refractivity contribution in [2.24, 2.45) is 5.84 Å². The Morgan fingerprint density at radius 3 is 2.86 bits per heavy atom. The number of hydrogen-bond acceptors (Lipinski definition) is 5. The highest BCUT2D eigenvalue weighted by Gasteiger charge is 2.20. The third-order valence-corrected chi connectivity index (χ3v) is 1.36. The zero-order valence-electron chi connectivity index (χ0n) is 7.59. The summed E-state index contributed by atoms with van der Waals surface area (Å²) in [6.07, 6.45) is 1.42. The molecule has 0 amide bonds. The summed E-state index contributed by atoms with van der Waals surface area (Å²) in [5.41, 5.74) is 2.21. The summed E-state index contributed by atoms with van der Waals surface area (Å²) in [5.74, 6) is 2.75. The van der Waals surface area contributed by atoms with Gasteiger partial charge in [-0.1, -0.05) is 0 Å². The van der Waals surface area contributed by atoms with Crippen molar-refractivity contribution in [2.75, 3.05) is 17.3 Å². The minimum Gasteiger partial charge on any atom is -0.364 e. The van der Waals surface area contributed by atoms with E-state index in [1.807, 2.05) is 0 Å². The molecule has 4 N–H and O–H groups in total. The number of nitrogens with one attached hydrogen (secondary N) is 2. The maximum atomic E-state index is 12.4. The number of halogens is 2. The Bertz CT molecular complexity index is 298. The lowest BCUT2D eigenvalue weighted by molar-refractivity contribution is 0.0367. The predicted molar refractivity (Wildman–Crippen MR) is 49.0 cm³/mol. The van der Waals surface area contributed by atoms with Crippen LogP contribution in [-0.2, 0) is 0 Å². The lowest BCUT2D eigenvalue weighted by Gasteiger charge is -2.11. The van der Waals surface area contributed by atoms with Crippen LogP contribution in [0.4, 0.5) is 20.5 Å². The van der Waals surface area contributed by atoms with Crippen LogP contribution >= 0.6 is 0 Å². The van der Waals surface area contributed by atoms with Gasteiger partial charge in [0.25, 0.3) is 5.92 Å². The zero-order valence-corrected chi connectivity index (χ0v) is 7.59. The first-order valence-electron chi connectivity index (χ1n) is 3.92. The van der Waals surface area contributed by atoms with Crippen molar-refractivity contribution < 1.29 is 8.78 Å². The number of rotatable bonds is 4. The second-order valence-corrected chi connectivity index (χ2v) is 2.83. The molecule has 0 saturated carbocycles. The van der Waals surface area contributed by atoms with E-state index in [1.54, 1.807) is 0 Å². The molecule has 7 heteroatoms. The molecule has 5 nitrogen and oxygen atoms in total. The predicted octanol–water partition coefficient (Wildman–Crippen LogP) is 0.829. The van der Waals surface area contributed by atoms with Gasteiger partial charge in [-0.3, -0.25) is 5.43 Å². The quantitative estimate of drug-likeness (QED) is 0.499. The molecular weight excluding hydrogens is 192 g/mol. The van der Waals surface area contributed by atoms with E-state index in [-0.39, 0.29) is 5.95 Å². The minimum absolute atomic E-state index is 0.175. The van der Waals surface area contributed by atoms with Crippen LogP contribution in [0.2, 0.25) is 0 Å². The summed E-state index contributed by atoms with van der Waals surface area (Å²) < 4.78 is 24.9. The van der Waals surface area contributed by atoms with Crippen LogP contribution in [0.3, 0.4) is 0 Å². The highest BCUT2D eigenvalue weighted by atomic mass is 19.3. The van der Waals surface area contributed by atoms with Crippen LogP contribution in [0.5, 0.6) is 0 Å². The van der Waals surface area contributed by atoms with Crippen molar-refractivity contribution in [1.82, 2.24) is 9.97 Å². The molecule has 1 heterocycles. The molecular formula is C7H11F2N5. The molecule has 1 aromatic heterocycles. The molecule has 1 rings (SSSR count). The van der Waals surface area contributed by atoms with Gasteiger partial charge in [0.1, 0.15) is 5.82 Å². The second kappa shape index (κ2) is 4.14. The van der Waals surface area contributed by atoms with E-state index in [4.69, 9.17) is 5.84 Å². The van der Waals surface area contributed by atoms with E-state index < -0.39 is 12.5 Å². The number of alkyl halides is 2. The SMILES string of the molecule is CC(F)(F)CNc1ccnc(NN)n1. The number of anilines is 2. The molecule has 0 aliphatic rings. The van der Waals surface area contributed by atoms with Crippen molar-refractivity contribution >= 4 is 11.8 Å². The fourth-order valence-electron chi connectivity index (χ4n) is 0.772. The highest BCUT2D eigenvalue weighted by Crippen LogP contribution is 2.12. The Hall–Kier alpha value is -1.50. The van der Waals surface area contributed by atoms with E-state index in [2.05, 4.69) is 20.7 Å². The lowest BCUT2D eigenvalue weighted by atomic mass is 10.4. The fraction of sp³-hybridized carbons (Fsp3) is 0.429. The number of nitrogens with zero attached hydrogens (tertiary/aromatic N) is 2. The minimum atomic E-state index is -2.78. The molecule has 78 valence electrons. The molecule has 14 heavy (non-hydrogen) atoms. The molecule has 0 unspecified atom stereocenters. The van der Waals surface area contributed by atoms with Crippen LogP contribution in [0.25, 0.3) is 0 Å². The molecule has 0 radical (unpaired) electrons. The van der Waals surface area contributed by atoms with E-state index in [9.17, 15) is 8.78 Å². The molecule has 0 aromatic carbocycles. The smallest absolute Gasteiger partial charge is 0.262 e. The number of hydrogen-bond donors (Lipinski definition) is 3. The molecule has 0 fully saturated rings. The summed E-state index contributed by atoms with van der Waals surface area (Å²) in [5, 5.41) is 2.46. The van der Waals surface area contributed by atoms with Crippen LogP contribution in [0, 0.1) is 0 Å². The van der Waals surface area contributed by atoms with Gasteiger partial charge in [-0.15, -0.1) is 0 Å². The van der Waals surface area contributed by atoms with E-state index in [0.717, 1.165) is 6.92 Å². The Labute approximate surface area is 79.7 Å². The number of nitrogen functional groups attached to an aromatic ring is 1. The van der Waals surface area contributed by atoms with Gasteiger partial charge < -0.3 is 5.32 Å². The largest absolute Gasteiger partial charge is 0.364 e. The van der Waals surface area contributed by atoms with Gasteiger partial charge in [0.15, 0.2) is 0 Å². The van der Waals surface area contributed by atoms with Gasteiger partial charge in [-0.25, -0.2) is 19.6 Å². The zero-order chi connectivity index (χ0) is 10.6. The summed E-state index contributed by atoms with van der Waals surface area (Å²) in [6.45, 7) is 0.345. The first-order valence-corrected chi connectivity index (χ1v) is 3.92. The average molecular weight is 203 g/mol. The number of aromatic nitrogens is 2. The molecule has 0 atom stereocenters. The summed E-state index contributed by atoms with van der Waals surface area (Å²) in [7, 11) is 0. The summed E-state index contributed by atoms with van der Waals surface area (Å²) >= 11 is 0. The maximum absolute atomic E-state index is 12.4. The Morgan fingerprint density at radius 1 is 1.57 bits per heavy atom. The fourth-order valence-corrected chi connectivity index (χ4v) is 0.772. The van der Waals surface area contributed by atoms with Crippen LogP contribution < -0.4 is 16.6 Å². The lowest BCUT2D eigenvalue weighted by Crippen LogP contribution is -2.23. The first kappa shape index (κ1) is 10.6. The van der Waals surface area contributed by atoms with Gasteiger partial charge in [0.2, 0.25) is 5.95 Å². The third-order valence-electron chi connectivity index (χ3n) is 1.36. The number of hydrazine groups is 1. The second-order valence-electron chi connectivity index (χ2n) is 2.83. The van der Waals surface area contributed by atoms with Crippen molar-refractivity contribution in [1.29, 1.82) is 0 Å². The Kier molecular flexibility index (Phi) is 3.13. The summed E-state index contributed by atoms with van der Waals surface area (Å²) in [4.78, 5) is 7.53. The number of nitrogens with two attached hydrogens (primary N) is 1. The standard InChI is InChI=1S/C7H11F2N5/c1-7(8,9)4-12-5-2-3-11-6(13-5)14-10/h2-3H,4,10H2,1H3,(H2,11,12,13,14). The van der Waals surface area contributed by atoms with E-state index in [1.165, 1.54) is 12.3 Å². The third kappa shape index (κ3) is 3.48. The van der Waals surface area contributed by atoms with Crippen molar-refractivity contribution in [3.8, 4) is 0 Å². The van der Waals surface area contributed by atoms with Gasteiger partial charge >= 0.3 is 0 Å². The van der Waals surface area contributed by atoms with Gasteiger partial charge in [-0.2, -0.15) is 4.98 Å². The molecule has 0 saturated heterocycles. The first-order chi connectivity index (χ1) is 6.51. The Morgan fingerprint density at radius 2 is 2.29 bits per heavy atom. The van der Waals surface area contributed by atoms with E-state index in [0.29, 0.717) is 5.82 Å². The van der Waals surface area contributed by atoms with Crippen LogP contribution in [-0.4, -0.2) is 22.4 Å². The molecule has 1 aromatic rings. The van der Waals surface area contributed by atoms with Crippen molar-refractivity contribution in [3.05, 3.63) is 12.3 Å². The van der Waals surface area contributed by atoms with Crippen LogP contribution in [0.1, 0.15) is 6.92 Å². The maximum Gasteiger partial charge on any atom is 0.262 e. The van der Waals surface area contributed by atoms with Crippen molar-refractivity contribution in [2.45, 2.75) is 12.8 Å². The van der Waals surface area contributed by atoms with Crippen LogP contribution in [0.15, 0.2) is 12.3 Å². The van der Waals surface area contributed by atoms with Gasteiger partial charge in [0, 0.05) is 13.1 Å². The molecule has 0 spiro atoms. The normalized spacial score (nSPS) is 11.1. The average Bonchev–Trinajstić information content (AvgIpc) is 2.14. The van der Waals surface area contributed by atoms with Crippen molar-refractivity contribution in [3.63, 3.8) is 0 Å². The highest BCUT2D eigenvalue weighted by molar-refractivity contribution is 5.38. The Balaban J connectivity index is 2.59. The summed E-state index contributed by atoms with van der Waals surface area (Å²) in [6, 6.07) is 1.48. The monoisotopic (exact) mass is 203 g/mol.